The zero-order valence-electron chi connectivity index (χ0n) is 8.58. The molecule has 0 spiro atoms. The predicted molar refractivity (Wildman–Crippen MR) is 50.1 cm³/mol. The molecule has 0 saturated heterocycles. The largest absolute Gasteiger partial charge is 0.409 e. The quantitative estimate of drug-likeness (QED) is 0.287. The summed E-state index contributed by atoms with van der Waals surface area (Å²) >= 11 is 0. The van der Waals surface area contributed by atoms with Gasteiger partial charge in [0.1, 0.15) is 6.54 Å². The molecule has 9 heteroatoms. The molecule has 0 unspecified atom stereocenters. The Morgan fingerprint density at radius 1 is 1.56 bits per heavy atom. The number of oxime groups is 1. The summed E-state index contributed by atoms with van der Waals surface area (Å²) in [6.07, 6.45) is -4.47. The summed E-state index contributed by atoms with van der Waals surface area (Å²) < 4.78 is 35.4. The molecular formula is C7H13F3N4O2. The number of halogens is 3. The van der Waals surface area contributed by atoms with Gasteiger partial charge in [-0.05, 0) is 6.92 Å². The van der Waals surface area contributed by atoms with Crippen molar-refractivity contribution in [1.82, 2.24) is 10.2 Å². The summed E-state index contributed by atoms with van der Waals surface area (Å²) in [5, 5.41) is 12.5. The molecule has 0 radical (unpaired) electrons. The van der Waals surface area contributed by atoms with Crippen molar-refractivity contribution in [2.45, 2.75) is 13.1 Å². The maximum Gasteiger partial charge on any atom is 0.405 e. The average Bonchev–Trinajstić information content (AvgIpc) is 2.21. The van der Waals surface area contributed by atoms with E-state index in [1.165, 1.54) is 0 Å². The first-order valence-corrected chi connectivity index (χ1v) is 4.36. The summed E-state index contributed by atoms with van der Waals surface area (Å²) in [4.78, 5) is 12.2. The van der Waals surface area contributed by atoms with Crippen LogP contribution < -0.4 is 11.1 Å². The van der Waals surface area contributed by atoms with E-state index in [9.17, 15) is 18.0 Å². The molecule has 0 atom stereocenters. The molecule has 0 rings (SSSR count). The minimum absolute atomic E-state index is 0.139. The number of urea groups is 1. The first-order valence-electron chi connectivity index (χ1n) is 4.36. The van der Waals surface area contributed by atoms with E-state index in [1.807, 2.05) is 0 Å². The third kappa shape index (κ3) is 5.94. The van der Waals surface area contributed by atoms with Crippen LogP contribution >= 0.6 is 0 Å². The lowest BCUT2D eigenvalue weighted by molar-refractivity contribution is -0.123. The van der Waals surface area contributed by atoms with Crippen molar-refractivity contribution in [3.63, 3.8) is 0 Å². The van der Waals surface area contributed by atoms with Gasteiger partial charge in [0.2, 0.25) is 0 Å². The van der Waals surface area contributed by atoms with Crippen molar-refractivity contribution in [3.8, 4) is 0 Å². The van der Waals surface area contributed by atoms with E-state index in [0.29, 0.717) is 0 Å². The Morgan fingerprint density at radius 3 is 2.50 bits per heavy atom. The van der Waals surface area contributed by atoms with E-state index in [0.717, 1.165) is 4.90 Å². The van der Waals surface area contributed by atoms with Crippen LogP contribution in [0.25, 0.3) is 0 Å². The van der Waals surface area contributed by atoms with Crippen molar-refractivity contribution in [2.75, 3.05) is 19.6 Å². The molecule has 2 amide bonds. The fourth-order valence-electron chi connectivity index (χ4n) is 0.842. The number of nitrogens with one attached hydrogen (secondary N) is 1. The van der Waals surface area contributed by atoms with Gasteiger partial charge in [0.25, 0.3) is 0 Å². The van der Waals surface area contributed by atoms with Gasteiger partial charge in [-0.15, -0.1) is 0 Å². The first kappa shape index (κ1) is 14.3. The molecule has 0 aromatic rings. The summed E-state index contributed by atoms with van der Waals surface area (Å²) in [5.41, 5.74) is 5.13. The van der Waals surface area contributed by atoms with Gasteiger partial charge in [0.05, 0.1) is 6.54 Å². The zero-order valence-corrected chi connectivity index (χ0v) is 8.58. The SMILES string of the molecule is CCN(CC(N)=NO)C(=O)NCC(F)(F)F. The third-order valence-corrected chi connectivity index (χ3v) is 1.59. The molecule has 0 aliphatic carbocycles. The molecule has 16 heavy (non-hydrogen) atoms. The Labute approximate surface area is 89.9 Å². The van der Waals surface area contributed by atoms with E-state index >= 15 is 0 Å². The van der Waals surface area contributed by atoms with Crippen LogP contribution in [0.15, 0.2) is 5.16 Å². The van der Waals surface area contributed by atoms with E-state index in [2.05, 4.69) is 5.16 Å². The van der Waals surface area contributed by atoms with Crippen LogP contribution in [0.1, 0.15) is 6.92 Å². The number of likely N-dealkylation sites (N-methyl/N-ethyl adjacent to an activating group) is 1. The number of nitrogens with two attached hydrogens (primary N) is 1. The van der Waals surface area contributed by atoms with Crippen molar-refractivity contribution < 1.29 is 23.2 Å². The topological polar surface area (TPSA) is 90.9 Å². The van der Waals surface area contributed by atoms with Crippen LogP contribution in [0, 0.1) is 0 Å². The van der Waals surface area contributed by atoms with Crippen molar-refractivity contribution >= 4 is 11.9 Å². The Balaban J connectivity index is 4.22. The molecule has 94 valence electrons. The zero-order chi connectivity index (χ0) is 12.8. The molecule has 4 N–H and O–H groups in total. The van der Waals surface area contributed by atoms with Crippen molar-refractivity contribution in [3.05, 3.63) is 0 Å². The smallest absolute Gasteiger partial charge is 0.405 e. The van der Waals surface area contributed by atoms with Crippen LogP contribution in [0.3, 0.4) is 0 Å². The highest BCUT2D eigenvalue weighted by molar-refractivity contribution is 5.86. The van der Waals surface area contributed by atoms with Gasteiger partial charge in [-0.3, -0.25) is 0 Å². The van der Waals surface area contributed by atoms with Crippen molar-refractivity contribution in [2.24, 2.45) is 10.9 Å². The lowest BCUT2D eigenvalue weighted by atomic mass is 10.5. The van der Waals surface area contributed by atoms with E-state index in [4.69, 9.17) is 10.9 Å². The molecule has 0 saturated carbocycles. The minimum Gasteiger partial charge on any atom is -0.409 e. The van der Waals surface area contributed by atoms with Gasteiger partial charge in [0, 0.05) is 6.54 Å². The summed E-state index contributed by atoms with van der Waals surface area (Å²) in [6, 6.07) is -0.925. The second-order valence-corrected chi connectivity index (χ2v) is 2.88. The van der Waals surface area contributed by atoms with E-state index in [1.54, 1.807) is 12.2 Å². The second-order valence-electron chi connectivity index (χ2n) is 2.88. The second kappa shape index (κ2) is 6.03. The van der Waals surface area contributed by atoms with Crippen LogP contribution in [0.5, 0.6) is 0 Å². The van der Waals surface area contributed by atoms with Gasteiger partial charge in [0.15, 0.2) is 5.84 Å². The summed E-state index contributed by atoms with van der Waals surface area (Å²) in [5.74, 6) is -0.260. The Hall–Kier alpha value is -1.67. The summed E-state index contributed by atoms with van der Waals surface area (Å²) in [6.45, 7) is 0.0347. The number of rotatable bonds is 4. The normalized spacial score (nSPS) is 12.4. The lowest BCUT2D eigenvalue weighted by Gasteiger charge is -2.20. The molecular weight excluding hydrogens is 229 g/mol. The van der Waals surface area contributed by atoms with Gasteiger partial charge in [-0.2, -0.15) is 13.2 Å². The first-order chi connectivity index (χ1) is 7.30. The molecule has 0 aromatic carbocycles. The average molecular weight is 242 g/mol. The number of hydrogen-bond donors (Lipinski definition) is 3. The number of amidine groups is 1. The minimum atomic E-state index is -4.47. The highest BCUT2D eigenvalue weighted by Gasteiger charge is 2.28. The number of amides is 2. The molecule has 6 nitrogen and oxygen atoms in total. The fourth-order valence-corrected chi connectivity index (χ4v) is 0.842. The maximum atomic E-state index is 11.8. The maximum absolute atomic E-state index is 11.8. The van der Waals surface area contributed by atoms with E-state index in [-0.39, 0.29) is 18.9 Å². The van der Waals surface area contributed by atoms with Gasteiger partial charge in [-0.1, -0.05) is 5.16 Å². The number of nitrogens with zero attached hydrogens (tertiary/aromatic N) is 2. The molecule has 0 aromatic heterocycles. The van der Waals surface area contributed by atoms with Gasteiger partial charge < -0.3 is 21.2 Å². The van der Waals surface area contributed by atoms with Crippen LogP contribution in [-0.2, 0) is 0 Å². The third-order valence-electron chi connectivity index (χ3n) is 1.59. The monoisotopic (exact) mass is 242 g/mol. The molecule has 0 aliphatic rings. The number of hydrogen-bond acceptors (Lipinski definition) is 3. The van der Waals surface area contributed by atoms with Crippen LogP contribution in [-0.4, -0.2) is 47.8 Å². The van der Waals surface area contributed by atoms with Gasteiger partial charge in [-0.25, -0.2) is 4.79 Å². The van der Waals surface area contributed by atoms with Crippen molar-refractivity contribution in [1.29, 1.82) is 0 Å². The predicted octanol–water partition coefficient (Wildman–Crippen LogP) is 0.327. The Bertz CT molecular complexity index is 267. The molecule has 0 aliphatic heterocycles. The number of alkyl halides is 3. The van der Waals surface area contributed by atoms with Gasteiger partial charge >= 0.3 is 12.2 Å². The number of carbonyl (C=O) groups excluding carboxylic acids is 1. The number of carbonyl (C=O) groups is 1. The van der Waals surface area contributed by atoms with Crippen LogP contribution in [0.4, 0.5) is 18.0 Å². The Morgan fingerprint density at radius 2 is 2.12 bits per heavy atom. The Kier molecular flexibility index (Phi) is 5.40. The highest BCUT2D eigenvalue weighted by atomic mass is 19.4. The van der Waals surface area contributed by atoms with Crippen LogP contribution in [0.2, 0.25) is 0 Å². The lowest BCUT2D eigenvalue weighted by Crippen LogP contribution is -2.46. The molecule has 0 bridgehead atoms. The molecule has 0 heterocycles. The molecule has 0 fully saturated rings. The van der Waals surface area contributed by atoms with E-state index < -0.39 is 18.8 Å². The standard InChI is InChI=1S/C7H13F3N4O2/c1-2-14(3-5(11)13-16)6(15)12-4-7(8,9)10/h16H,2-4H2,1H3,(H2,11,13)(H,12,15). The fraction of sp³-hybridized carbons (Fsp3) is 0.714. The highest BCUT2D eigenvalue weighted by Crippen LogP contribution is 2.12. The summed E-state index contributed by atoms with van der Waals surface area (Å²) in [7, 11) is 0.